The number of carbonyl (C=O) groups is 2. The number of hydrogen-bond acceptors (Lipinski definition) is 4. The van der Waals surface area contributed by atoms with E-state index >= 15 is 0 Å². The smallest absolute Gasteiger partial charge is 0.323 e. The third kappa shape index (κ3) is 3.45. The van der Waals surface area contributed by atoms with Crippen LogP contribution in [0.3, 0.4) is 0 Å². The summed E-state index contributed by atoms with van der Waals surface area (Å²) in [6, 6.07) is -0.512. The van der Waals surface area contributed by atoms with Crippen LogP contribution in [0.25, 0.3) is 0 Å². The highest BCUT2D eigenvalue weighted by molar-refractivity contribution is 5.79. The number of rotatable bonds is 4. The van der Waals surface area contributed by atoms with Gasteiger partial charge in [0.1, 0.15) is 17.9 Å². The molecule has 0 aromatic heterocycles. The molecule has 0 aromatic rings. The van der Waals surface area contributed by atoms with Crippen molar-refractivity contribution in [3.8, 4) is 0 Å². The van der Waals surface area contributed by atoms with Crippen LogP contribution in [0.15, 0.2) is 0 Å². The summed E-state index contributed by atoms with van der Waals surface area (Å²) in [4.78, 5) is 24.7. The van der Waals surface area contributed by atoms with Gasteiger partial charge in [0.15, 0.2) is 0 Å². The van der Waals surface area contributed by atoms with Crippen LogP contribution in [-0.4, -0.2) is 23.9 Å². The summed E-state index contributed by atoms with van der Waals surface area (Å²) in [6.45, 7) is 10.7. The van der Waals surface area contributed by atoms with Crippen molar-refractivity contribution in [3.63, 3.8) is 0 Å². The average Bonchev–Trinajstić information content (AvgIpc) is 3.05. The van der Waals surface area contributed by atoms with Crippen molar-refractivity contribution in [3.05, 3.63) is 0 Å². The van der Waals surface area contributed by atoms with Crippen LogP contribution in [-0.2, 0) is 14.3 Å². The summed E-state index contributed by atoms with van der Waals surface area (Å²) < 4.78 is 5.87. The van der Waals surface area contributed by atoms with Crippen LogP contribution >= 0.6 is 0 Å². The number of ketones is 1. The lowest BCUT2D eigenvalue weighted by atomic mass is 9.44. The lowest BCUT2D eigenvalue weighted by Gasteiger charge is -2.61. The minimum Gasteiger partial charge on any atom is -0.461 e. The minimum absolute atomic E-state index is 0.0411. The van der Waals surface area contributed by atoms with E-state index in [1.54, 1.807) is 0 Å². The molecule has 4 heteroatoms. The second-order valence-corrected chi connectivity index (χ2v) is 12.0. The minimum atomic E-state index is -0.512. The van der Waals surface area contributed by atoms with Gasteiger partial charge >= 0.3 is 5.97 Å². The molecule has 4 aliphatic rings. The molecular formula is C26H43NO3. The van der Waals surface area contributed by atoms with Gasteiger partial charge in [-0.2, -0.15) is 0 Å². The fourth-order valence-electron chi connectivity index (χ4n) is 8.51. The molecule has 4 saturated carbocycles. The predicted octanol–water partition coefficient (Wildman–Crippen LogP) is 5.13. The summed E-state index contributed by atoms with van der Waals surface area (Å²) in [5.41, 5.74) is 6.61. The normalized spacial score (nSPS) is 46.5. The Morgan fingerprint density at radius 3 is 2.27 bits per heavy atom. The highest BCUT2D eigenvalue weighted by Gasteiger charge is 2.60. The molecule has 9 atom stereocenters. The van der Waals surface area contributed by atoms with Crippen LogP contribution < -0.4 is 5.73 Å². The molecular weight excluding hydrogens is 374 g/mol. The molecule has 4 aliphatic carbocycles. The molecule has 0 heterocycles. The Bertz CT molecular complexity index is 690. The standard InChI is InChI=1S/C26H43NO3/c1-15(2)23(27)24(29)30-18-10-12-25(4)17(14-18)6-7-19-21-9-8-20(16(3)28)26(21,5)13-11-22(19)25/h15,17-23H,6-14,27H2,1-5H3/t17-,18?,19?,20+,21?,22?,23-,25-,26+/m0/s1. The van der Waals surface area contributed by atoms with Gasteiger partial charge in [0.05, 0.1) is 0 Å². The second-order valence-electron chi connectivity index (χ2n) is 12.0. The average molecular weight is 418 g/mol. The Kier molecular flexibility index (Phi) is 5.87. The Balaban J connectivity index is 1.45. The Labute approximate surface area is 183 Å². The first-order chi connectivity index (χ1) is 14.1. The topological polar surface area (TPSA) is 69.4 Å². The van der Waals surface area contributed by atoms with Gasteiger partial charge in [-0.1, -0.05) is 27.7 Å². The predicted molar refractivity (Wildman–Crippen MR) is 119 cm³/mol. The van der Waals surface area contributed by atoms with Crippen molar-refractivity contribution in [2.24, 2.45) is 52.1 Å². The largest absolute Gasteiger partial charge is 0.461 e. The number of fused-ring (bicyclic) bond motifs is 5. The van der Waals surface area contributed by atoms with Gasteiger partial charge < -0.3 is 10.5 Å². The number of esters is 1. The SMILES string of the molecule is CC(=O)[C@H]1CCC2C3CC[C@H]4CC(OC(=O)[C@@H](N)C(C)C)CC[C@]4(C)C3CC[C@@]21C. The van der Waals surface area contributed by atoms with Crippen molar-refractivity contribution in [2.75, 3.05) is 0 Å². The number of hydrogen-bond donors (Lipinski definition) is 1. The molecule has 170 valence electrons. The maximum absolute atomic E-state index is 12.4. The maximum Gasteiger partial charge on any atom is 0.323 e. The summed E-state index contributed by atoms with van der Waals surface area (Å²) in [5.74, 6) is 3.52. The van der Waals surface area contributed by atoms with E-state index in [4.69, 9.17) is 10.5 Å². The van der Waals surface area contributed by atoms with Crippen molar-refractivity contribution in [1.29, 1.82) is 0 Å². The first-order valence-electron chi connectivity index (χ1n) is 12.5. The quantitative estimate of drug-likeness (QED) is 0.644. The number of Topliss-reactive ketones (excluding diaryl/α,β-unsaturated/α-hetero) is 1. The zero-order valence-corrected chi connectivity index (χ0v) is 19.8. The monoisotopic (exact) mass is 417 g/mol. The summed E-state index contributed by atoms with van der Waals surface area (Å²) in [6.07, 6.45) is 10.6. The van der Waals surface area contributed by atoms with Crippen molar-refractivity contribution in [1.82, 2.24) is 0 Å². The highest BCUT2D eigenvalue weighted by atomic mass is 16.5. The van der Waals surface area contributed by atoms with Gasteiger partial charge in [-0.05, 0) is 105 Å². The molecule has 0 saturated heterocycles. The van der Waals surface area contributed by atoms with E-state index in [1.807, 2.05) is 20.8 Å². The van der Waals surface area contributed by atoms with Gasteiger partial charge in [0.2, 0.25) is 0 Å². The molecule has 4 rings (SSSR count). The van der Waals surface area contributed by atoms with E-state index < -0.39 is 6.04 Å². The Morgan fingerprint density at radius 1 is 0.933 bits per heavy atom. The van der Waals surface area contributed by atoms with E-state index in [-0.39, 0.29) is 29.3 Å². The van der Waals surface area contributed by atoms with Crippen LogP contribution in [0.1, 0.15) is 92.4 Å². The van der Waals surface area contributed by atoms with E-state index in [9.17, 15) is 9.59 Å². The van der Waals surface area contributed by atoms with E-state index in [2.05, 4.69) is 13.8 Å². The first kappa shape index (κ1) is 22.3. The maximum atomic E-state index is 12.4. The van der Waals surface area contributed by atoms with E-state index in [1.165, 1.54) is 32.1 Å². The molecule has 2 N–H and O–H groups in total. The van der Waals surface area contributed by atoms with Crippen LogP contribution in [0.2, 0.25) is 0 Å². The van der Waals surface area contributed by atoms with Crippen LogP contribution in [0, 0.1) is 46.3 Å². The molecule has 0 radical (unpaired) electrons. The van der Waals surface area contributed by atoms with Crippen molar-refractivity contribution >= 4 is 11.8 Å². The van der Waals surface area contributed by atoms with E-state index in [0.29, 0.717) is 17.1 Å². The summed E-state index contributed by atoms with van der Waals surface area (Å²) in [5, 5.41) is 0. The lowest BCUT2D eigenvalue weighted by Crippen LogP contribution is -2.54. The number of nitrogens with two attached hydrogens (primary N) is 1. The fraction of sp³-hybridized carbons (Fsp3) is 0.923. The molecule has 0 aliphatic heterocycles. The molecule has 30 heavy (non-hydrogen) atoms. The second kappa shape index (κ2) is 7.90. The summed E-state index contributed by atoms with van der Waals surface area (Å²) >= 11 is 0. The molecule has 0 bridgehead atoms. The number of ether oxygens (including phenoxy) is 1. The van der Waals surface area contributed by atoms with Crippen molar-refractivity contribution < 1.29 is 14.3 Å². The van der Waals surface area contributed by atoms with Gasteiger partial charge in [0.25, 0.3) is 0 Å². The lowest BCUT2D eigenvalue weighted by molar-refractivity contribution is -0.165. The molecule has 4 unspecified atom stereocenters. The molecule has 0 spiro atoms. The fourth-order valence-corrected chi connectivity index (χ4v) is 8.51. The Morgan fingerprint density at radius 2 is 1.60 bits per heavy atom. The van der Waals surface area contributed by atoms with E-state index in [0.717, 1.165) is 43.4 Å². The molecule has 4 fully saturated rings. The van der Waals surface area contributed by atoms with Gasteiger partial charge in [-0.25, -0.2) is 0 Å². The van der Waals surface area contributed by atoms with Gasteiger partial charge in [-0.3, -0.25) is 9.59 Å². The van der Waals surface area contributed by atoms with Gasteiger partial charge in [0, 0.05) is 5.92 Å². The number of carbonyl (C=O) groups excluding carboxylic acids is 2. The third-order valence-corrected chi connectivity index (χ3v) is 10.4. The summed E-state index contributed by atoms with van der Waals surface area (Å²) in [7, 11) is 0. The van der Waals surface area contributed by atoms with Crippen LogP contribution in [0.5, 0.6) is 0 Å². The zero-order chi connectivity index (χ0) is 21.8. The van der Waals surface area contributed by atoms with Crippen LogP contribution in [0.4, 0.5) is 0 Å². The molecule has 0 aromatic carbocycles. The first-order valence-corrected chi connectivity index (χ1v) is 12.5. The van der Waals surface area contributed by atoms with Gasteiger partial charge in [-0.15, -0.1) is 0 Å². The molecule has 4 nitrogen and oxygen atoms in total. The highest BCUT2D eigenvalue weighted by Crippen LogP contribution is 2.67. The third-order valence-electron chi connectivity index (χ3n) is 10.4. The Hall–Kier alpha value is -0.900. The molecule has 0 amide bonds. The van der Waals surface area contributed by atoms with Crippen molar-refractivity contribution in [2.45, 2.75) is 105 Å². The zero-order valence-electron chi connectivity index (χ0n) is 19.8.